The number of benzene rings is 1. The summed E-state index contributed by atoms with van der Waals surface area (Å²) in [5.74, 6) is -0.182. The number of hydrogen-bond acceptors (Lipinski definition) is 5. The normalized spacial score (nSPS) is 21.9. The highest BCUT2D eigenvalue weighted by Gasteiger charge is 2.47. The Balaban J connectivity index is 1.83. The zero-order chi connectivity index (χ0) is 21.6. The molecular weight excluding hydrogens is 405 g/mol. The van der Waals surface area contributed by atoms with Crippen LogP contribution in [0.5, 0.6) is 0 Å². The van der Waals surface area contributed by atoms with Gasteiger partial charge in [0, 0.05) is 61.1 Å². The van der Waals surface area contributed by atoms with Crippen molar-refractivity contribution in [2.75, 3.05) is 31.7 Å². The number of fused-ring (bicyclic) bond motifs is 2. The van der Waals surface area contributed by atoms with Gasteiger partial charge in [0.2, 0.25) is 0 Å². The molecule has 4 rings (SSSR count). The maximum absolute atomic E-state index is 15.4. The molecule has 2 atom stereocenters. The Kier molecular flexibility index (Phi) is 5.07. The summed E-state index contributed by atoms with van der Waals surface area (Å²) in [4.78, 5) is 18.3. The zero-order valence-corrected chi connectivity index (χ0v) is 17.7. The average molecular weight is 428 g/mol. The monoisotopic (exact) mass is 427 g/mol. The summed E-state index contributed by atoms with van der Waals surface area (Å²) >= 11 is 6.85. The maximum Gasteiger partial charge on any atom is 0.258 e. The quantitative estimate of drug-likeness (QED) is 0.715. The molecule has 1 aliphatic carbocycles. The Morgan fingerprint density at radius 3 is 2.93 bits per heavy atom. The molecule has 156 valence electrons. The van der Waals surface area contributed by atoms with E-state index in [0.29, 0.717) is 35.3 Å². The highest BCUT2D eigenvalue weighted by Crippen LogP contribution is 2.54. The topological polar surface area (TPSA) is 95.0 Å². The van der Waals surface area contributed by atoms with Gasteiger partial charge in [-0.3, -0.25) is 4.79 Å². The molecule has 0 radical (unpaired) electrons. The van der Waals surface area contributed by atoms with Gasteiger partial charge in [-0.15, -0.1) is 0 Å². The number of halogens is 2. The molecule has 0 bridgehead atoms. The summed E-state index contributed by atoms with van der Waals surface area (Å²) < 4.78 is 15.4. The van der Waals surface area contributed by atoms with E-state index in [1.807, 2.05) is 0 Å². The van der Waals surface area contributed by atoms with Gasteiger partial charge < -0.3 is 16.0 Å². The van der Waals surface area contributed by atoms with Gasteiger partial charge in [0.25, 0.3) is 5.91 Å². The van der Waals surface area contributed by atoms with Crippen LogP contribution in [-0.2, 0) is 5.41 Å². The third kappa shape index (κ3) is 3.07. The Morgan fingerprint density at radius 2 is 2.23 bits per heavy atom. The van der Waals surface area contributed by atoms with Crippen molar-refractivity contribution in [3.63, 3.8) is 0 Å². The molecule has 1 fully saturated rings. The van der Waals surface area contributed by atoms with Crippen molar-refractivity contribution in [3.8, 4) is 17.2 Å². The van der Waals surface area contributed by atoms with Gasteiger partial charge in [-0.05, 0) is 37.3 Å². The molecule has 2 aliphatic rings. The van der Waals surface area contributed by atoms with Gasteiger partial charge in [-0.25, -0.2) is 9.37 Å². The lowest BCUT2D eigenvalue weighted by molar-refractivity contribution is 0.0824. The van der Waals surface area contributed by atoms with E-state index in [4.69, 9.17) is 22.6 Å². The van der Waals surface area contributed by atoms with Gasteiger partial charge in [0.05, 0.1) is 16.7 Å². The number of amides is 1. The molecule has 1 aliphatic heterocycles. The number of rotatable bonds is 3. The van der Waals surface area contributed by atoms with Gasteiger partial charge in [0.15, 0.2) is 0 Å². The number of nitrogens with two attached hydrogens (primary N) is 1. The highest BCUT2D eigenvalue weighted by molar-refractivity contribution is 6.34. The lowest BCUT2D eigenvalue weighted by Crippen LogP contribution is -2.25. The predicted molar refractivity (Wildman–Crippen MR) is 115 cm³/mol. The second-order valence-corrected chi connectivity index (χ2v) is 8.78. The van der Waals surface area contributed by atoms with Gasteiger partial charge in [-0.1, -0.05) is 11.6 Å². The van der Waals surface area contributed by atoms with Crippen molar-refractivity contribution >= 4 is 29.0 Å². The standard InChI is InChI=1S/C22H23ClFN5O/c1-29(2)21(30)16-15(26)4-3-13(19(16)24)14-10-27-20-17(18(14)23)22(11-28-20)7-5-12(9-22)6-8-25/h3-4,10,12H,5-7,9,11,26H2,1-2H3,(H,27,28). The van der Waals surface area contributed by atoms with Crippen LogP contribution in [0.25, 0.3) is 11.1 Å². The molecule has 1 aromatic carbocycles. The Labute approximate surface area is 179 Å². The van der Waals surface area contributed by atoms with Crippen LogP contribution in [0.4, 0.5) is 15.9 Å². The molecule has 0 saturated heterocycles. The largest absolute Gasteiger partial charge is 0.398 e. The molecule has 6 nitrogen and oxygen atoms in total. The van der Waals surface area contributed by atoms with Gasteiger partial charge >= 0.3 is 0 Å². The molecular formula is C22H23ClFN5O. The van der Waals surface area contributed by atoms with Crippen LogP contribution in [0.1, 0.15) is 41.6 Å². The van der Waals surface area contributed by atoms with Crippen LogP contribution >= 0.6 is 11.6 Å². The van der Waals surface area contributed by atoms with E-state index in [-0.39, 0.29) is 22.2 Å². The second kappa shape index (κ2) is 7.44. The molecule has 8 heteroatoms. The molecule has 1 saturated carbocycles. The van der Waals surface area contributed by atoms with Crippen LogP contribution in [0.2, 0.25) is 5.02 Å². The van der Waals surface area contributed by atoms with Crippen LogP contribution in [0.3, 0.4) is 0 Å². The summed E-state index contributed by atoms with van der Waals surface area (Å²) in [6.45, 7) is 0.703. The summed E-state index contributed by atoms with van der Waals surface area (Å²) in [7, 11) is 3.09. The Bertz CT molecular complexity index is 1080. The number of nitrogens with zero attached hydrogens (tertiary/aromatic N) is 3. The summed E-state index contributed by atoms with van der Waals surface area (Å²) in [5.41, 5.74) is 7.13. The second-order valence-electron chi connectivity index (χ2n) is 8.41. The first-order chi connectivity index (χ1) is 14.3. The molecule has 30 heavy (non-hydrogen) atoms. The number of pyridine rings is 1. The fourth-order valence-electron chi connectivity index (χ4n) is 4.80. The van der Waals surface area contributed by atoms with Crippen LogP contribution in [0.15, 0.2) is 18.3 Å². The van der Waals surface area contributed by atoms with E-state index < -0.39 is 11.7 Å². The number of carbonyl (C=O) groups is 1. The first kappa shape index (κ1) is 20.4. The van der Waals surface area contributed by atoms with Crippen LogP contribution in [0, 0.1) is 23.1 Å². The molecule has 1 aromatic heterocycles. The number of nitrogen functional groups attached to an aromatic ring is 1. The Morgan fingerprint density at radius 1 is 1.47 bits per heavy atom. The Hall–Kier alpha value is -2.85. The minimum absolute atomic E-state index is 0.0773. The van der Waals surface area contributed by atoms with Crippen molar-refractivity contribution in [1.29, 1.82) is 5.26 Å². The number of nitriles is 1. The third-order valence-electron chi connectivity index (χ3n) is 6.31. The number of nitrogens with one attached hydrogen (secondary N) is 1. The fourth-order valence-corrected chi connectivity index (χ4v) is 5.24. The zero-order valence-electron chi connectivity index (χ0n) is 16.9. The first-order valence-corrected chi connectivity index (χ1v) is 10.3. The van der Waals surface area contributed by atoms with E-state index in [9.17, 15) is 4.79 Å². The van der Waals surface area contributed by atoms with E-state index in [1.165, 1.54) is 23.2 Å². The average Bonchev–Trinajstić information content (AvgIpc) is 3.28. The summed E-state index contributed by atoms with van der Waals surface area (Å²) in [6, 6.07) is 5.32. The van der Waals surface area contributed by atoms with E-state index >= 15 is 4.39 Å². The smallest absolute Gasteiger partial charge is 0.258 e. The van der Waals surface area contributed by atoms with Crippen molar-refractivity contribution in [1.82, 2.24) is 9.88 Å². The number of anilines is 2. The number of carbonyl (C=O) groups excluding carboxylic acids is 1. The predicted octanol–water partition coefficient (Wildman–Crippen LogP) is 4.20. The lowest BCUT2D eigenvalue weighted by Gasteiger charge is -2.25. The van der Waals surface area contributed by atoms with Crippen molar-refractivity contribution in [2.24, 2.45) is 5.92 Å². The van der Waals surface area contributed by atoms with E-state index in [1.54, 1.807) is 14.1 Å². The molecule has 2 heterocycles. The van der Waals surface area contributed by atoms with Gasteiger partial charge in [-0.2, -0.15) is 5.26 Å². The molecule has 1 amide bonds. The van der Waals surface area contributed by atoms with E-state index in [0.717, 1.165) is 24.8 Å². The maximum atomic E-state index is 15.4. The number of hydrogen-bond donors (Lipinski definition) is 2. The summed E-state index contributed by atoms with van der Waals surface area (Å²) in [5, 5.41) is 12.8. The van der Waals surface area contributed by atoms with E-state index in [2.05, 4.69) is 16.4 Å². The van der Waals surface area contributed by atoms with Crippen molar-refractivity contribution in [3.05, 3.63) is 40.3 Å². The highest BCUT2D eigenvalue weighted by atomic mass is 35.5. The summed E-state index contributed by atoms with van der Waals surface area (Å²) in [6.07, 6.45) is 4.75. The van der Waals surface area contributed by atoms with Crippen molar-refractivity contribution < 1.29 is 9.18 Å². The SMILES string of the molecule is CN(C)C(=O)c1c(N)ccc(-c2cnc3c(c2Cl)C2(CCC(CC#N)C2)CN3)c1F. The van der Waals surface area contributed by atoms with Crippen LogP contribution in [-0.4, -0.2) is 36.4 Å². The molecule has 2 aromatic rings. The van der Waals surface area contributed by atoms with Crippen LogP contribution < -0.4 is 11.1 Å². The third-order valence-corrected chi connectivity index (χ3v) is 6.71. The van der Waals surface area contributed by atoms with Crippen molar-refractivity contribution in [2.45, 2.75) is 31.1 Å². The number of aromatic nitrogens is 1. The molecule has 3 N–H and O–H groups in total. The molecule has 1 spiro atoms. The minimum atomic E-state index is -0.703. The fraction of sp³-hybridized carbons (Fsp3) is 0.409. The lowest BCUT2D eigenvalue weighted by atomic mass is 9.79. The first-order valence-electron chi connectivity index (χ1n) is 9.89. The molecule has 2 unspecified atom stereocenters. The minimum Gasteiger partial charge on any atom is -0.398 e. The van der Waals surface area contributed by atoms with Gasteiger partial charge in [0.1, 0.15) is 11.6 Å².